The van der Waals surface area contributed by atoms with Crippen LogP contribution in [0.25, 0.3) is 11.0 Å². The number of alkyl halides is 2. The number of halogens is 2. The fourth-order valence-electron chi connectivity index (χ4n) is 4.37. The predicted molar refractivity (Wildman–Crippen MR) is 109 cm³/mol. The van der Waals surface area contributed by atoms with Crippen LogP contribution in [0.1, 0.15) is 56.8 Å². The zero-order chi connectivity index (χ0) is 24.4. The number of aliphatic hydroxyl groups is 1. The molecule has 0 aliphatic carbocycles. The van der Waals surface area contributed by atoms with Crippen LogP contribution in [0.15, 0.2) is 36.4 Å². The first kappa shape index (κ1) is 16.3. The third kappa shape index (κ3) is 3.04. The van der Waals surface area contributed by atoms with Gasteiger partial charge in [-0.05, 0) is 37.3 Å². The molecule has 0 saturated heterocycles. The maximum absolute atomic E-state index is 13.4. The van der Waals surface area contributed by atoms with Gasteiger partial charge in [-0.2, -0.15) is 8.78 Å². The van der Waals surface area contributed by atoms with Crippen molar-refractivity contribution >= 4 is 16.9 Å². The number of amides is 1. The maximum Gasteiger partial charge on any atom is 0.387 e. The number of rotatable bonds is 2. The molecule has 3 atom stereocenters. The molecule has 6 nitrogen and oxygen atoms in total. The first-order valence-corrected chi connectivity index (χ1v) is 9.69. The number of hydrogen-bond acceptors (Lipinski definition) is 4. The largest absolute Gasteiger partial charge is 0.434 e. The van der Waals surface area contributed by atoms with Crippen LogP contribution in [-0.4, -0.2) is 45.2 Å². The Hall–Kier alpha value is -3.44. The van der Waals surface area contributed by atoms with Crippen LogP contribution in [0.2, 0.25) is 0 Å². The highest BCUT2D eigenvalue weighted by Crippen LogP contribution is 2.49. The van der Waals surface area contributed by atoms with Crippen LogP contribution in [0.3, 0.4) is 0 Å². The molecule has 2 bridgehead atoms. The SMILES string of the molecule is [2H]C([2H])([2H])N1C(=O)c2cccc(OC(F)F)c2[C@H]2C[C@@H]1c1nc3ccc(C#C[C@@H](C)O)cc3n12. The predicted octanol–water partition coefficient (Wildman–Crippen LogP) is 3.49. The lowest BCUT2D eigenvalue weighted by Crippen LogP contribution is -2.30. The molecule has 2 aliphatic rings. The van der Waals surface area contributed by atoms with E-state index in [1.165, 1.54) is 25.1 Å². The van der Waals surface area contributed by atoms with Gasteiger partial charge in [-0.1, -0.05) is 17.9 Å². The fourth-order valence-corrected chi connectivity index (χ4v) is 4.37. The Morgan fingerprint density at radius 1 is 1.32 bits per heavy atom. The standard InChI is InChI=1S/C23H19F2N3O3/c1-12(29)6-7-13-8-9-15-16(10-13)28-17-11-18(21(28)26-15)27(2)22(30)14-4-3-5-19(20(14)17)31-23(24)25/h3-5,8-10,12,17-18,23,29H,11H2,1-2H3/t12-,17-,18-/m1/s1/i2D3. The van der Waals surface area contributed by atoms with Crippen molar-refractivity contribution in [3.05, 3.63) is 58.9 Å². The summed E-state index contributed by atoms with van der Waals surface area (Å²) in [6, 6.07) is 7.78. The molecule has 2 aliphatic heterocycles. The van der Waals surface area contributed by atoms with E-state index in [2.05, 4.69) is 16.8 Å². The molecule has 1 aromatic heterocycles. The molecule has 2 aromatic carbocycles. The monoisotopic (exact) mass is 426 g/mol. The summed E-state index contributed by atoms with van der Waals surface area (Å²) in [5.41, 5.74) is 1.94. The average Bonchev–Trinajstić information content (AvgIpc) is 3.24. The highest BCUT2D eigenvalue weighted by Gasteiger charge is 2.44. The maximum atomic E-state index is 13.4. The topological polar surface area (TPSA) is 67.6 Å². The summed E-state index contributed by atoms with van der Waals surface area (Å²) >= 11 is 0. The van der Waals surface area contributed by atoms with Gasteiger partial charge in [-0.25, -0.2) is 4.98 Å². The molecule has 1 N–H and O–H groups in total. The average molecular weight is 426 g/mol. The van der Waals surface area contributed by atoms with E-state index in [0.717, 1.165) is 4.90 Å². The lowest BCUT2D eigenvalue weighted by Gasteiger charge is -2.24. The second-order valence-electron chi connectivity index (χ2n) is 7.53. The van der Waals surface area contributed by atoms with Crippen molar-refractivity contribution in [3.8, 4) is 17.6 Å². The molecule has 3 aromatic rings. The van der Waals surface area contributed by atoms with E-state index in [1.54, 1.807) is 22.8 Å². The normalized spacial score (nSPS) is 22.0. The van der Waals surface area contributed by atoms with Gasteiger partial charge in [0.15, 0.2) is 0 Å². The molecular formula is C23H19F2N3O3. The summed E-state index contributed by atoms with van der Waals surface area (Å²) in [7, 11) is 0. The van der Waals surface area contributed by atoms with Gasteiger partial charge in [0.05, 0.1) is 23.1 Å². The van der Waals surface area contributed by atoms with Crippen LogP contribution in [0.5, 0.6) is 5.75 Å². The molecule has 0 saturated carbocycles. The number of hydrogen-bond donors (Lipinski definition) is 1. The number of carbonyl (C=O) groups is 1. The number of ether oxygens (including phenoxy) is 1. The van der Waals surface area contributed by atoms with Crippen LogP contribution in [0.4, 0.5) is 8.78 Å². The number of imidazole rings is 1. The van der Waals surface area contributed by atoms with E-state index in [-0.39, 0.29) is 23.3 Å². The first-order valence-electron chi connectivity index (χ1n) is 11.2. The highest BCUT2D eigenvalue weighted by molar-refractivity contribution is 5.97. The van der Waals surface area contributed by atoms with Crippen molar-refractivity contribution in [2.45, 2.75) is 38.1 Å². The van der Waals surface area contributed by atoms with E-state index >= 15 is 0 Å². The second-order valence-corrected chi connectivity index (χ2v) is 7.53. The summed E-state index contributed by atoms with van der Waals surface area (Å²) in [5, 5.41) is 9.48. The van der Waals surface area contributed by atoms with Crippen LogP contribution in [-0.2, 0) is 0 Å². The summed E-state index contributed by atoms with van der Waals surface area (Å²) in [6.07, 6.45) is -0.683. The molecule has 0 unspecified atom stereocenters. The lowest BCUT2D eigenvalue weighted by atomic mass is 9.97. The summed E-state index contributed by atoms with van der Waals surface area (Å²) < 4.78 is 57.1. The molecule has 158 valence electrons. The van der Waals surface area contributed by atoms with E-state index < -0.39 is 37.7 Å². The number of aromatic nitrogens is 2. The third-order valence-electron chi connectivity index (χ3n) is 5.57. The van der Waals surface area contributed by atoms with Crippen LogP contribution < -0.4 is 4.74 Å². The van der Waals surface area contributed by atoms with Gasteiger partial charge in [-0.3, -0.25) is 4.79 Å². The number of fused-ring (bicyclic) bond motifs is 9. The molecule has 0 spiro atoms. The Morgan fingerprint density at radius 2 is 2.16 bits per heavy atom. The van der Waals surface area contributed by atoms with Crippen molar-refractivity contribution in [1.29, 1.82) is 0 Å². The number of aliphatic hydroxyl groups excluding tert-OH is 1. The highest BCUT2D eigenvalue weighted by atomic mass is 19.3. The third-order valence-corrected chi connectivity index (χ3v) is 5.57. The summed E-state index contributed by atoms with van der Waals surface area (Å²) in [4.78, 5) is 18.8. The van der Waals surface area contributed by atoms with Gasteiger partial charge in [0, 0.05) is 34.2 Å². The number of nitrogens with zero attached hydrogens (tertiary/aromatic N) is 3. The van der Waals surface area contributed by atoms with Gasteiger partial charge >= 0.3 is 6.61 Å². The first-order chi connectivity index (χ1) is 16.1. The Morgan fingerprint density at radius 3 is 2.90 bits per heavy atom. The Labute approximate surface area is 181 Å². The smallest absolute Gasteiger partial charge is 0.387 e. The fraction of sp³-hybridized carbons (Fsp3) is 0.304. The van der Waals surface area contributed by atoms with Gasteiger partial charge in [0.25, 0.3) is 5.91 Å². The quantitative estimate of drug-likeness (QED) is 0.637. The van der Waals surface area contributed by atoms with Gasteiger partial charge in [-0.15, -0.1) is 0 Å². The van der Waals surface area contributed by atoms with Crippen molar-refractivity contribution in [1.82, 2.24) is 14.5 Å². The Bertz CT molecular complexity index is 1370. The Balaban J connectivity index is 1.79. The molecule has 8 heteroatoms. The Kier molecular flexibility index (Phi) is 3.71. The minimum absolute atomic E-state index is 0.000624. The number of carbonyl (C=O) groups excluding carboxylic acids is 1. The molecule has 1 amide bonds. The van der Waals surface area contributed by atoms with Crippen molar-refractivity contribution in [2.24, 2.45) is 0 Å². The second kappa shape index (κ2) is 7.06. The molecule has 0 radical (unpaired) electrons. The molecular weight excluding hydrogens is 404 g/mol. The van der Waals surface area contributed by atoms with Crippen molar-refractivity contribution in [3.63, 3.8) is 0 Å². The molecule has 0 fully saturated rings. The minimum atomic E-state index is -3.12. The van der Waals surface area contributed by atoms with E-state index in [4.69, 9.17) is 8.85 Å². The van der Waals surface area contributed by atoms with E-state index in [1.807, 2.05) is 0 Å². The molecule has 3 heterocycles. The zero-order valence-corrected chi connectivity index (χ0v) is 16.3. The van der Waals surface area contributed by atoms with Crippen molar-refractivity contribution in [2.75, 3.05) is 6.98 Å². The van der Waals surface area contributed by atoms with E-state index in [9.17, 15) is 18.7 Å². The van der Waals surface area contributed by atoms with Gasteiger partial charge < -0.3 is 19.3 Å². The van der Waals surface area contributed by atoms with E-state index in [0.29, 0.717) is 22.4 Å². The summed E-state index contributed by atoms with van der Waals surface area (Å²) in [6.45, 7) is -4.37. The zero-order valence-electron chi connectivity index (χ0n) is 19.3. The minimum Gasteiger partial charge on any atom is -0.434 e. The molecule has 31 heavy (non-hydrogen) atoms. The lowest BCUT2D eigenvalue weighted by molar-refractivity contribution is -0.0507. The summed E-state index contributed by atoms with van der Waals surface area (Å²) in [5.74, 6) is 4.91. The molecule has 5 rings (SSSR count). The van der Waals surface area contributed by atoms with Gasteiger partial charge in [0.1, 0.15) is 17.7 Å². The number of benzene rings is 2. The van der Waals surface area contributed by atoms with Crippen LogP contribution >= 0.6 is 0 Å². The van der Waals surface area contributed by atoms with Crippen molar-refractivity contribution < 1.29 is 27.5 Å². The van der Waals surface area contributed by atoms with Gasteiger partial charge in [0.2, 0.25) is 0 Å². The van der Waals surface area contributed by atoms with Crippen LogP contribution in [0, 0.1) is 11.8 Å².